The van der Waals surface area contributed by atoms with Crippen LogP contribution in [0.2, 0.25) is 0 Å². The fraction of sp³-hybridized carbons (Fsp3) is 0.810. The first kappa shape index (κ1) is 28.8. The maximum Gasteiger partial charge on any atom is 0.326 e. The van der Waals surface area contributed by atoms with Gasteiger partial charge >= 0.3 is 5.97 Å². The summed E-state index contributed by atoms with van der Waals surface area (Å²) < 4.78 is 0. The Hall–Kier alpha value is -2.28. The summed E-state index contributed by atoms with van der Waals surface area (Å²) in [7, 11) is 0. The summed E-state index contributed by atoms with van der Waals surface area (Å²) in [6, 6.07) is -3.85. The molecule has 1 rings (SSSR count). The number of rotatable bonds is 16. The van der Waals surface area contributed by atoms with E-state index in [0.29, 0.717) is 51.7 Å². The Kier molecular flexibility index (Phi) is 13.5. The zero-order chi connectivity index (χ0) is 24.8. The lowest BCUT2D eigenvalue weighted by molar-refractivity contribution is -0.142. The van der Waals surface area contributed by atoms with Crippen LogP contribution in [0.1, 0.15) is 58.3 Å². The Morgan fingerprint density at radius 1 is 0.939 bits per heavy atom. The number of aliphatic hydroxyl groups is 1. The van der Waals surface area contributed by atoms with Crippen LogP contribution in [0.15, 0.2) is 0 Å². The van der Waals surface area contributed by atoms with Crippen LogP contribution in [0.3, 0.4) is 0 Å². The quantitative estimate of drug-likeness (QED) is 0.116. The molecule has 0 aromatic rings. The van der Waals surface area contributed by atoms with Gasteiger partial charge in [0.05, 0.1) is 12.1 Å². The number of carbonyl (C=O) groups is 4. The molecule has 5 unspecified atom stereocenters. The van der Waals surface area contributed by atoms with Crippen LogP contribution in [0.5, 0.6) is 0 Å². The first-order valence-electron chi connectivity index (χ1n) is 11.7. The number of amides is 3. The van der Waals surface area contributed by atoms with E-state index in [0.717, 1.165) is 6.42 Å². The summed E-state index contributed by atoms with van der Waals surface area (Å²) in [4.78, 5) is 49.7. The van der Waals surface area contributed by atoms with Gasteiger partial charge in [-0.25, -0.2) is 4.79 Å². The van der Waals surface area contributed by atoms with Gasteiger partial charge in [0.15, 0.2) is 0 Å². The normalized spacial score (nSPS) is 19.2. The number of aliphatic hydroxyl groups excluding tert-OH is 1. The maximum absolute atomic E-state index is 12.9. The summed E-state index contributed by atoms with van der Waals surface area (Å²) in [6.07, 6.45) is 3.00. The third kappa shape index (κ3) is 10.5. The molecule has 0 saturated carbocycles. The standard InChI is InChI=1S/C21H40N6O6/c1-13(28)17(27-18(29)14-9-6-12-24-14)20(31)25-15(7-2-4-10-22)19(30)26-16(21(32)33)8-3-5-11-23/h13-17,24,28H,2-12,22-23H2,1H3,(H,25,31)(H,26,30)(H,27,29)(H,32,33). The topological polar surface area (TPSA) is 209 Å². The van der Waals surface area contributed by atoms with E-state index < -0.39 is 54.0 Å². The Morgan fingerprint density at radius 2 is 1.52 bits per heavy atom. The van der Waals surface area contributed by atoms with Crippen LogP contribution in [-0.4, -0.2) is 83.8 Å². The summed E-state index contributed by atoms with van der Waals surface area (Å²) in [6.45, 7) is 2.89. The molecule has 0 spiro atoms. The highest BCUT2D eigenvalue weighted by molar-refractivity contribution is 5.94. The van der Waals surface area contributed by atoms with Crippen LogP contribution in [0.25, 0.3) is 0 Å². The zero-order valence-electron chi connectivity index (χ0n) is 19.3. The van der Waals surface area contributed by atoms with Gasteiger partial charge in [0.25, 0.3) is 0 Å². The van der Waals surface area contributed by atoms with Crippen molar-refractivity contribution in [1.82, 2.24) is 21.3 Å². The van der Waals surface area contributed by atoms with E-state index in [-0.39, 0.29) is 12.8 Å². The number of carboxylic acids is 1. The summed E-state index contributed by atoms with van der Waals surface area (Å²) >= 11 is 0. The van der Waals surface area contributed by atoms with Crippen molar-refractivity contribution in [2.45, 2.75) is 88.6 Å². The number of carboxylic acid groups (broad SMARTS) is 1. The van der Waals surface area contributed by atoms with Gasteiger partial charge in [-0.3, -0.25) is 14.4 Å². The molecule has 3 amide bonds. The molecule has 0 aliphatic carbocycles. The zero-order valence-corrected chi connectivity index (χ0v) is 19.3. The van der Waals surface area contributed by atoms with Crippen molar-refractivity contribution in [2.24, 2.45) is 11.5 Å². The Labute approximate surface area is 194 Å². The first-order chi connectivity index (χ1) is 15.7. The number of aliphatic carboxylic acids is 1. The number of hydrogen-bond acceptors (Lipinski definition) is 8. The van der Waals surface area contributed by atoms with Crippen molar-refractivity contribution in [3.8, 4) is 0 Å². The predicted octanol–water partition coefficient (Wildman–Crippen LogP) is -2.08. The number of nitrogens with two attached hydrogens (primary N) is 2. The van der Waals surface area contributed by atoms with Gasteiger partial charge in [-0.2, -0.15) is 0 Å². The van der Waals surface area contributed by atoms with E-state index in [9.17, 15) is 29.4 Å². The Morgan fingerprint density at radius 3 is 2.00 bits per heavy atom. The molecule has 190 valence electrons. The second kappa shape index (κ2) is 15.5. The summed E-state index contributed by atoms with van der Waals surface area (Å²) in [5.74, 6) is -2.94. The van der Waals surface area contributed by atoms with E-state index in [1.165, 1.54) is 6.92 Å². The number of unbranched alkanes of at least 4 members (excludes halogenated alkanes) is 2. The third-order valence-electron chi connectivity index (χ3n) is 5.58. The molecule has 0 bridgehead atoms. The van der Waals surface area contributed by atoms with Crippen molar-refractivity contribution in [1.29, 1.82) is 0 Å². The number of hydrogen-bond donors (Lipinski definition) is 8. The molecule has 12 nitrogen and oxygen atoms in total. The summed E-state index contributed by atoms with van der Waals surface area (Å²) in [5, 5.41) is 30.1. The monoisotopic (exact) mass is 472 g/mol. The second-order valence-corrected chi connectivity index (χ2v) is 8.41. The van der Waals surface area contributed by atoms with Crippen LogP contribution < -0.4 is 32.7 Å². The lowest BCUT2D eigenvalue weighted by Crippen LogP contribution is -2.59. The van der Waals surface area contributed by atoms with Crippen molar-refractivity contribution in [3.05, 3.63) is 0 Å². The van der Waals surface area contributed by atoms with Gasteiger partial charge < -0.3 is 42.9 Å². The average Bonchev–Trinajstić information content (AvgIpc) is 3.30. The molecule has 10 N–H and O–H groups in total. The van der Waals surface area contributed by atoms with Crippen molar-refractivity contribution in [2.75, 3.05) is 19.6 Å². The third-order valence-corrected chi connectivity index (χ3v) is 5.58. The predicted molar refractivity (Wildman–Crippen MR) is 122 cm³/mol. The van der Waals surface area contributed by atoms with E-state index >= 15 is 0 Å². The molecule has 12 heteroatoms. The van der Waals surface area contributed by atoms with Crippen molar-refractivity contribution >= 4 is 23.7 Å². The highest BCUT2D eigenvalue weighted by Gasteiger charge is 2.33. The van der Waals surface area contributed by atoms with Gasteiger partial charge in [0, 0.05) is 0 Å². The van der Waals surface area contributed by atoms with E-state index in [2.05, 4.69) is 21.3 Å². The fourth-order valence-electron chi connectivity index (χ4n) is 3.61. The minimum absolute atomic E-state index is 0.211. The largest absolute Gasteiger partial charge is 0.480 e. The van der Waals surface area contributed by atoms with E-state index in [1.807, 2.05) is 0 Å². The second-order valence-electron chi connectivity index (χ2n) is 8.41. The van der Waals surface area contributed by atoms with E-state index in [4.69, 9.17) is 11.5 Å². The van der Waals surface area contributed by atoms with Crippen LogP contribution in [0, 0.1) is 0 Å². The van der Waals surface area contributed by atoms with Gasteiger partial charge in [-0.1, -0.05) is 0 Å². The molecule has 1 heterocycles. The van der Waals surface area contributed by atoms with Crippen molar-refractivity contribution < 1.29 is 29.4 Å². The minimum Gasteiger partial charge on any atom is -0.480 e. The minimum atomic E-state index is -1.26. The van der Waals surface area contributed by atoms with Crippen LogP contribution in [-0.2, 0) is 19.2 Å². The Balaban J connectivity index is 2.85. The molecule has 1 aliphatic heterocycles. The molecule has 5 atom stereocenters. The maximum atomic E-state index is 12.9. The van der Waals surface area contributed by atoms with Gasteiger partial charge in [0.1, 0.15) is 18.1 Å². The highest BCUT2D eigenvalue weighted by Crippen LogP contribution is 2.08. The first-order valence-corrected chi connectivity index (χ1v) is 11.7. The molecule has 1 fully saturated rings. The average molecular weight is 473 g/mol. The smallest absolute Gasteiger partial charge is 0.326 e. The van der Waals surface area contributed by atoms with Crippen LogP contribution >= 0.6 is 0 Å². The molecular weight excluding hydrogens is 432 g/mol. The molecule has 0 aromatic carbocycles. The van der Waals surface area contributed by atoms with Gasteiger partial charge in [-0.15, -0.1) is 0 Å². The SMILES string of the molecule is CC(O)C(NC(=O)C1CCCN1)C(=O)NC(CCCCN)C(=O)NC(CCCCN)C(=O)O. The van der Waals surface area contributed by atoms with E-state index in [1.54, 1.807) is 0 Å². The van der Waals surface area contributed by atoms with Gasteiger partial charge in [0.2, 0.25) is 17.7 Å². The molecule has 1 aliphatic rings. The highest BCUT2D eigenvalue weighted by atomic mass is 16.4. The van der Waals surface area contributed by atoms with Crippen molar-refractivity contribution in [3.63, 3.8) is 0 Å². The number of nitrogens with one attached hydrogen (secondary N) is 4. The lowest BCUT2D eigenvalue weighted by Gasteiger charge is -2.26. The fourth-order valence-corrected chi connectivity index (χ4v) is 3.61. The molecule has 1 saturated heterocycles. The lowest BCUT2D eigenvalue weighted by atomic mass is 10.0. The van der Waals surface area contributed by atoms with Crippen LogP contribution in [0.4, 0.5) is 0 Å². The molecule has 33 heavy (non-hydrogen) atoms. The molecular formula is C21H40N6O6. The summed E-state index contributed by atoms with van der Waals surface area (Å²) in [5.41, 5.74) is 11.0. The molecule has 0 aromatic heterocycles. The van der Waals surface area contributed by atoms with Gasteiger partial charge in [-0.05, 0) is 77.9 Å². The Bertz CT molecular complexity index is 641. The number of carbonyl (C=O) groups excluding carboxylic acids is 3. The molecule has 0 radical (unpaired) electrons.